The minimum absolute atomic E-state index is 0.0396. The highest BCUT2D eigenvalue weighted by Gasteiger charge is 2.40. The van der Waals surface area contributed by atoms with Gasteiger partial charge in [-0.25, -0.2) is 0 Å². The molecule has 0 spiro atoms. The summed E-state index contributed by atoms with van der Waals surface area (Å²) >= 11 is 6.89. The lowest BCUT2D eigenvalue weighted by atomic mass is 10.2. The Morgan fingerprint density at radius 2 is 1.95 bits per heavy atom. The fourth-order valence-electron chi connectivity index (χ4n) is 4.61. The molecule has 2 unspecified atom stereocenters. The Morgan fingerprint density at radius 1 is 1.19 bits per heavy atom. The van der Waals surface area contributed by atoms with E-state index in [1.165, 1.54) is 30.6 Å². The van der Waals surface area contributed by atoms with E-state index in [1.54, 1.807) is 23.1 Å². The lowest BCUT2D eigenvalue weighted by Gasteiger charge is -2.22. The van der Waals surface area contributed by atoms with Gasteiger partial charge in [-0.3, -0.25) is 19.2 Å². The van der Waals surface area contributed by atoms with Crippen molar-refractivity contribution in [3.63, 3.8) is 0 Å². The average Bonchev–Trinajstić information content (AvgIpc) is 3.40. The average molecular weight is 615 g/mol. The van der Waals surface area contributed by atoms with Gasteiger partial charge in [-0.2, -0.15) is 0 Å². The number of hydrogen-bond acceptors (Lipinski definition) is 6. The molecule has 2 aromatic carbocycles. The van der Waals surface area contributed by atoms with Gasteiger partial charge in [0.05, 0.1) is 22.7 Å². The molecule has 2 heterocycles. The third-order valence-corrected chi connectivity index (χ3v) is 8.10. The van der Waals surface area contributed by atoms with Crippen molar-refractivity contribution in [3.8, 4) is 0 Å². The number of nitrogens with two attached hydrogens (primary N) is 1. The van der Waals surface area contributed by atoms with Crippen LogP contribution < -0.4 is 15.9 Å². The zero-order valence-electron chi connectivity index (χ0n) is 23.8. The molecule has 226 valence electrons. The van der Waals surface area contributed by atoms with Crippen molar-refractivity contribution in [1.82, 2.24) is 9.88 Å². The quantitative estimate of drug-likeness (QED) is 0.171. The number of aromatic nitrogens is 1. The predicted molar refractivity (Wildman–Crippen MR) is 169 cm³/mol. The number of unbranched alkanes of at least 4 members (excludes halogenated alkanes) is 3. The van der Waals surface area contributed by atoms with Crippen LogP contribution in [0.5, 0.6) is 0 Å². The maximum Gasteiger partial charge on any atom is 0.307 e. The third kappa shape index (κ3) is 10.6. The minimum Gasteiger partial charge on any atom is -0.481 e. The number of carbonyl (C=O) groups excluding carboxylic acids is 2. The summed E-state index contributed by atoms with van der Waals surface area (Å²) in [5, 5.41) is 12.3. The molecule has 3 aromatic rings. The highest BCUT2D eigenvalue weighted by Crippen LogP contribution is 2.39. The molecule has 5 rings (SSSR count). The first-order valence-electron chi connectivity index (χ1n) is 14.2. The maximum atomic E-state index is 12.0. The van der Waals surface area contributed by atoms with Crippen molar-refractivity contribution in [3.05, 3.63) is 75.4 Å². The van der Waals surface area contributed by atoms with Gasteiger partial charge in [-0.05, 0) is 68.4 Å². The normalized spacial score (nSPS) is 19.0. The van der Waals surface area contributed by atoms with Gasteiger partial charge in [-0.15, -0.1) is 0 Å². The third-order valence-electron chi connectivity index (χ3n) is 7.02. The van der Waals surface area contributed by atoms with E-state index in [4.69, 9.17) is 22.4 Å². The van der Waals surface area contributed by atoms with Crippen molar-refractivity contribution in [2.24, 2.45) is 17.6 Å². The number of aliphatic carboxylic acids is 1. The topological polar surface area (TPSA) is 146 Å². The molecule has 1 aromatic heterocycles. The monoisotopic (exact) mass is 614 g/mol. The van der Waals surface area contributed by atoms with Crippen LogP contribution in [0.15, 0.2) is 65.5 Å². The standard InChI is InChI=1S/C13H17N3O2.C11H18O2.C7H4ClNOS/c14-13(18)11-7-4-8-16(11)12(17)9-15-10-5-2-1-3-6-10;1-2-3-4-5-6-7-9-8-10(9)11(12)13;8-4-1-2-5-6(3-4)11-7(10)9-5/h1-3,5-6,11,15H,4,7-9H2,(H2,14,18);6-7,9-10H,2-5,8H2,1H3,(H,12,13);1-3H,(H,9,10)/b;7-6-;/t;9?,10-;/m.0./s1. The zero-order chi connectivity index (χ0) is 30.5. The van der Waals surface area contributed by atoms with Crippen LogP contribution in [-0.4, -0.2) is 51.9 Å². The van der Waals surface area contributed by atoms with Gasteiger partial charge in [0.15, 0.2) is 0 Å². The van der Waals surface area contributed by atoms with Crippen molar-refractivity contribution in [2.75, 3.05) is 18.4 Å². The summed E-state index contributed by atoms with van der Waals surface area (Å²) in [5.74, 6) is -0.884. The van der Waals surface area contributed by atoms with Gasteiger partial charge in [0.25, 0.3) is 0 Å². The number of allylic oxidation sites excluding steroid dienone is 2. The SMILES string of the molecule is CCCCC/C=C\C1C[C@@H]1C(=O)O.NC(=O)C1CCCN1C(=O)CNc1ccccc1.O=c1[nH]c2ccc(Cl)cc2s1. The summed E-state index contributed by atoms with van der Waals surface area (Å²) in [6.45, 7) is 2.99. The molecule has 2 amide bonds. The smallest absolute Gasteiger partial charge is 0.307 e. The lowest BCUT2D eigenvalue weighted by Crippen LogP contribution is -2.45. The van der Waals surface area contributed by atoms with Crippen LogP contribution in [-0.2, 0) is 14.4 Å². The number of carbonyl (C=O) groups is 3. The van der Waals surface area contributed by atoms with Crippen LogP contribution >= 0.6 is 22.9 Å². The number of aromatic amines is 1. The second-order valence-electron chi connectivity index (χ2n) is 10.3. The van der Waals surface area contributed by atoms with E-state index in [2.05, 4.69) is 29.4 Å². The molecule has 2 fully saturated rings. The van der Waals surface area contributed by atoms with E-state index in [0.29, 0.717) is 23.9 Å². The molecular formula is C31H39ClN4O5S. The van der Waals surface area contributed by atoms with Crippen LogP contribution in [0, 0.1) is 11.8 Å². The number of nitrogens with zero attached hydrogens (tertiary/aromatic N) is 1. The molecule has 0 radical (unpaired) electrons. The molecule has 1 saturated carbocycles. The Balaban J connectivity index is 0.000000179. The number of halogens is 1. The van der Waals surface area contributed by atoms with E-state index in [0.717, 1.165) is 35.2 Å². The number of fused-ring (bicyclic) bond motifs is 1. The minimum atomic E-state index is -0.636. The molecule has 3 atom stereocenters. The number of anilines is 1. The fourth-order valence-corrected chi connectivity index (χ4v) is 5.62. The molecule has 1 aliphatic heterocycles. The predicted octanol–water partition coefficient (Wildman–Crippen LogP) is 5.66. The maximum absolute atomic E-state index is 12.0. The number of para-hydroxylation sites is 1. The molecular weight excluding hydrogens is 576 g/mol. The van der Waals surface area contributed by atoms with Gasteiger partial charge in [-0.1, -0.05) is 73.1 Å². The van der Waals surface area contributed by atoms with Crippen molar-refractivity contribution >= 4 is 56.6 Å². The van der Waals surface area contributed by atoms with Gasteiger partial charge < -0.3 is 26.0 Å². The number of carboxylic acids is 1. The Bertz CT molecular complexity index is 1410. The number of benzene rings is 2. The summed E-state index contributed by atoms with van der Waals surface area (Å²) < 4.78 is 0.905. The summed E-state index contributed by atoms with van der Waals surface area (Å²) in [5.41, 5.74) is 7.02. The first-order valence-corrected chi connectivity index (χ1v) is 15.4. The van der Waals surface area contributed by atoms with E-state index in [9.17, 15) is 19.2 Å². The molecule has 0 bridgehead atoms. The Labute approximate surface area is 254 Å². The lowest BCUT2D eigenvalue weighted by molar-refractivity contribution is -0.138. The fraction of sp³-hybridized carbons (Fsp3) is 0.419. The molecule has 1 aliphatic carbocycles. The zero-order valence-corrected chi connectivity index (χ0v) is 25.3. The highest BCUT2D eigenvalue weighted by atomic mass is 35.5. The molecule has 9 nitrogen and oxygen atoms in total. The van der Waals surface area contributed by atoms with Crippen LogP contribution in [0.1, 0.15) is 51.9 Å². The molecule has 5 N–H and O–H groups in total. The van der Waals surface area contributed by atoms with E-state index >= 15 is 0 Å². The Hall–Kier alpha value is -3.63. The number of nitrogens with one attached hydrogen (secondary N) is 2. The molecule has 11 heteroatoms. The second kappa shape index (κ2) is 16.7. The van der Waals surface area contributed by atoms with E-state index < -0.39 is 17.9 Å². The highest BCUT2D eigenvalue weighted by molar-refractivity contribution is 7.16. The van der Waals surface area contributed by atoms with Crippen LogP contribution in [0.25, 0.3) is 10.2 Å². The van der Waals surface area contributed by atoms with Gasteiger partial charge >= 0.3 is 10.8 Å². The number of primary amides is 1. The number of likely N-dealkylation sites (tertiary alicyclic amines) is 1. The van der Waals surface area contributed by atoms with Crippen molar-refractivity contribution < 1.29 is 19.5 Å². The van der Waals surface area contributed by atoms with E-state index in [-0.39, 0.29) is 23.2 Å². The summed E-state index contributed by atoms with van der Waals surface area (Å²) in [6.07, 6.45) is 11.4. The Morgan fingerprint density at radius 3 is 2.62 bits per heavy atom. The van der Waals surface area contributed by atoms with Crippen LogP contribution in [0.2, 0.25) is 5.02 Å². The second-order valence-corrected chi connectivity index (χ2v) is 11.7. The van der Waals surface area contributed by atoms with Crippen LogP contribution in [0.4, 0.5) is 5.69 Å². The molecule has 42 heavy (non-hydrogen) atoms. The number of amides is 2. The van der Waals surface area contributed by atoms with Gasteiger partial charge in [0.2, 0.25) is 11.8 Å². The van der Waals surface area contributed by atoms with Crippen molar-refractivity contribution in [2.45, 2.75) is 57.9 Å². The number of H-pyrrole nitrogens is 1. The first-order chi connectivity index (χ1) is 20.2. The number of hydrogen-bond donors (Lipinski definition) is 4. The number of rotatable bonds is 10. The number of carboxylic acid groups (broad SMARTS) is 1. The summed E-state index contributed by atoms with van der Waals surface area (Å²) in [6, 6.07) is 14.4. The summed E-state index contributed by atoms with van der Waals surface area (Å²) in [4.78, 5) is 48.7. The molecule has 1 saturated heterocycles. The molecule has 2 aliphatic rings. The first kappa shape index (κ1) is 32.9. The van der Waals surface area contributed by atoms with Crippen molar-refractivity contribution in [1.29, 1.82) is 0 Å². The van der Waals surface area contributed by atoms with Gasteiger partial charge in [0, 0.05) is 17.3 Å². The largest absolute Gasteiger partial charge is 0.481 e. The van der Waals surface area contributed by atoms with Crippen LogP contribution in [0.3, 0.4) is 0 Å². The van der Waals surface area contributed by atoms with Gasteiger partial charge in [0.1, 0.15) is 6.04 Å². The Kier molecular flexibility index (Phi) is 13.1. The van der Waals surface area contributed by atoms with E-state index in [1.807, 2.05) is 30.3 Å². The number of thiazole rings is 1. The summed E-state index contributed by atoms with van der Waals surface area (Å²) in [7, 11) is 0.